The van der Waals surface area contributed by atoms with Crippen LogP contribution in [0.5, 0.6) is 0 Å². The highest BCUT2D eigenvalue weighted by Crippen LogP contribution is 2.22. The first-order valence-electron chi connectivity index (χ1n) is 7.53. The van der Waals surface area contributed by atoms with Crippen LogP contribution in [-0.4, -0.2) is 47.4 Å². The molecule has 2 aromatic heterocycles. The van der Waals surface area contributed by atoms with Crippen molar-refractivity contribution in [3.8, 4) is 0 Å². The van der Waals surface area contributed by atoms with Gasteiger partial charge in [-0.2, -0.15) is 0 Å². The third kappa shape index (κ3) is 3.56. The zero-order valence-electron chi connectivity index (χ0n) is 13.0. The predicted octanol–water partition coefficient (Wildman–Crippen LogP) is 3.11. The minimum Gasteiger partial charge on any atom is -0.338 e. The molecule has 1 aliphatic rings. The van der Waals surface area contributed by atoms with Gasteiger partial charge in [0.1, 0.15) is 0 Å². The van der Waals surface area contributed by atoms with E-state index in [0.29, 0.717) is 5.92 Å². The van der Waals surface area contributed by atoms with Gasteiger partial charge in [-0.15, -0.1) is 22.7 Å². The molecule has 3 heterocycles. The zero-order valence-corrected chi connectivity index (χ0v) is 14.6. The number of nitrogens with zero attached hydrogens (tertiary/aromatic N) is 3. The molecule has 1 atom stereocenters. The van der Waals surface area contributed by atoms with Crippen LogP contribution < -0.4 is 0 Å². The van der Waals surface area contributed by atoms with Crippen LogP contribution in [0.4, 0.5) is 0 Å². The fourth-order valence-electron chi connectivity index (χ4n) is 2.95. The van der Waals surface area contributed by atoms with Gasteiger partial charge in [0.2, 0.25) is 0 Å². The Morgan fingerprint density at radius 1 is 1.50 bits per heavy atom. The number of amides is 1. The summed E-state index contributed by atoms with van der Waals surface area (Å²) in [6.07, 6.45) is 1.10. The van der Waals surface area contributed by atoms with Crippen molar-refractivity contribution in [2.75, 3.05) is 26.7 Å². The van der Waals surface area contributed by atoms with Gasteiger partial charge in [0.25, 0.3) is 5.91 Å². The van der Waals surface area contributed by atoms with E-state index in [4.69, 9.17) is 0 Å². The summed E-state index contributed by atoms with van der Waals surface area (Å²) in [5.74, 6) is 0.764. The number of likely N-dealkylation sites (tertiary alicyclic amines) is 1. The fourth-order valence-corrected chi connectivity index (χ4v) is 4.50. The number of hydrogen-bond donors (Lipinski definition) is 0. The average molecular weight is 335 g/mol. The predicted molar refractivity (Wildman–Crippen MR) is 91.5 cm³/mol. The summed E-state index contributed by atoms with van der Waals surface area (Å²) in [6, 6.07) is 3.86. The van der Waals surface area contributed by atoms with Gasteiger partial charge >= 0.3 is 0 Å². The highest BCUT2D eigenvalue weighted by molar-refractivity contribution is 7.12. The van der Waals surface area contributed by atoms with E-state index in [0.717, 1.165) is 43.2 Å². The molecular formula is C16H21N3OS2. The molecule has 3 rings (SSSR count). The number of hydrogen-bond acceptors (Lipinski definition) is 5. The first kappa shape index (κ1) is 15.6. The lowest BCUT2D eigenvalue weighted by molar-refractivity contribution is 0.0789. The highest BCUT2D eigenvalue weighted by Gasteiger charge is 2.28. The second-order valence-corrected chi connectivity index (χ2v) is 7.83. The summed E-state index contributed by atoms with van der Waals surface area (Å²) in [6.45, 7) is 5.81. The molecule has 1 aliphatic heterocycles. The summed E-state index contributed by atoms with van der Waals surface area (Å²) in [4.78, 5) is 23.2. The van der Waals surface area contributed by atoms with E-state index >= 15 is 0 Å². The number of carbonyl (C=O) groups excluding carboxylic acids is 1. The third-order valence-corrected chi connectivity index (χ3v) is 5.91. The van der Waals surface area contributed by atoms with Crippen LogP contribution in [0.3, 0.4) is 0 Å². The van der Waals surface area contributed by atoms with E-state index in [1.807, 2.05) is 27.9 Å². The lowest BCUT2D eigenvalue weighted by Crippen LogP contribution is -2.31. The van der Waals surface area contributed by atoms with Crippen LogP contribution in [0, 0.1) is 12.8 Å². The Labute approximate surface area is 139 Å². The molecule has 0 bridgehead atoms. The zero-order chi connectivity index (χ0) is 15.5. The molecular weight excluding hydrogens is 314 g/mol. The van der Waals surface area contributed by atoms with Gasteiger partial charge in [0, 0.05) is 31.1 Å². The Morgan fingerprint density at radius 2 is 2.36 bits per heavy atom. The van der Waals surface area contributed by atoms with Crippen LogP contribution in [0.25, 0.3) is 0 Å². The van der Waals surface area contributed by atoms with Gasteiger partial charge < -0.3 is 9.80 Å². The first-order valence-corrected chi connectivity index (χ1v) is 9.29. The normalized spacial score (nSPS) is 18.3. The molecule has 0 N–H and O–H groups in total. The van der Waals surface area contributed by atoms with Crippen molar-refractivity contribution in [1.29, 1.82) is 0 Å². The maximum Gasteiger partial charge on any atom is 0.263 e. The summed E-state index contributed by atoms with van der Waals surface area (Å²) >= 11 is 3.25. The maximum atomic E-state index is 12.4. The molecule has 1 fully saturated rings. The van der Waals surface area contributed by atoms with E-state index in [1.54, 1.807) is 11.3 Å². The van der Waals surface area contributed by atoms with Gasteiger partial charge in [-0.25, -0.2) is 4.98 Å². The average Bonchev–Trinajstić information content (AvgIpc) is 3.21. The summed E-state index contributed by atoms with van der Waals surface area (Å²) < 4.78 is 0. The van der Waals surface area contributed by atoms with Crippen molar-refractivity contribution in [2.45, 2.75) is 19.9 Å². The van der Waals surface area contributed by atoms with Gasteiger partial charge in [-0.3, -0.25) is 4.79 Å². The lowest BCUT2D eigenvalue weighted by Gasteiger charge is -2.21. The largest absolute Gasteiger partial charge is 0.338 e. The quantitative estimate of drug-likeness (QED) is 0.842. The fraction of sp³-hybridized carbons (Fsp3) is 0.500. The number of carbonyl (C=O) groups is 1. The van der Waals surface area contributed by atoms with Crippen LogP contribution in [-0.2, 0) is 6.54 Å². The van der Waals surface area contributed by atoms with E-state index in [9.17, 15) is 4.79 Å². The molecule has 118 valence electrons. The van der Waals surface area contributed by atoms with Crippen molar-refractivity contribution < 1.29 is 4.79 Å². The topological polar surface area (TPSA) is 36.4 Å². The molecule has 0 spiro atoms. The molecule has 0 aromatic carbocycles. The van der Waals surface area contributed by atoms with E-state index < -0.39 is 0 Å². The summed E-state index contributed by atoms with van der Waals surface area (Å²) in [5, 5.41) is 1.96. The molecule has 0 aliphatic carbocycles. The lowest BCUT2D eigenvalue weighted by atomic mass is 10.1. The molecule has 4 nitrogen and oxygen atoms in total. The number of rotatable bonds is 5. The first-order chi connectivity index (χ1) is 10.6. The van der Waals surface area contributed by atoms with Crippen LogP contribution in [0.15, 0.2) is 23.0 Å². The highest BCUT2D eigenvalue weighted by atomic mass is 32.1. The number of aromatic nitrogens is 1. The van der Waals surface area contributed by atoms with Crippen molar-refractivity contribution in [3.05, 3.63) is 38.5 Å². The van der Waals surface area contributed by atoms with Gasteiger partial charge in [-0.1, -0.05) is 6.07 Å². The maximum absolute atomic E-state index is 12.4. The standard InChI is InChI=1S/C16H21N3OS2/c1-12-15(22-11-17-12)10-18(2)8-13-5-6-19(9-13)16(20)14-4-3-7-21-14/h3-4,7,11,13H,5-6,8-10H2,1-2H3/t13-/m1/s1. The molecule has 0 saturated carbocycles. The van der Waals surface area contributed by atoms with Crippen molar-refractivity contribution in [1.82, 2.24) is 14.8 Å². The van der Waals surface area contributed by atoms with Gasteiger partial charge in [0.15, 0.2) is 0 Å². The third-order valence-electron chi connectivity index (χ3n) is 4.13. The molecule has 6 heteroatoms. The van der Waals surface area contributed by atoms with E-state index in [-0.39, 0.29) is 5.91 Å². The SMILES string of the molecule is Cc1ncsc1CN(C)C[C@H]1CCN(C(=O)c2cccs2)C1. The van der Waals surface area contributed by atoms with Crippen molar-refractivity contribution in [2.24, 2.45) is 5.92 Å². The Kier molecular flexibility index (Phi) is 4.90. The summed E-state index contributed by atoms with van der Waals surface area (Å²) in [7, 11) is 2.16. The van der Waals surface area contributed by atoms with Crippen LogP contribution in [0.1, 0.15) is 26.7 Å². The molecule has 0 radical (unpaired) electrons. The number of thiophene rings is 1. The van der Waals surface area contributed by atoms with Crippen LogP contribution >= 0.6 is 22.7 Å². The molecule has 1 amide bonds. The second-order valence-electron chi connectivity index (χ2n) is 5.94. The molecule has 0 unspecified atom stereocenters. The number of thiazole rings is 1. The smallest absolute Gasteiger partial charge is 0.263 e. The minimum atomic E-state index is 0.193. The number of aryl methyl sites for hydroxylation is 1. The van der Waals surface area contributed by atoms with Crippen molar-refractivity contribution in [3.63, 3.8) is 0 Å². The monoisotopic (exact) mass is 335 g/mol. The molecule has 2 aromatic rings. The Bertz CT molecular complexity index is 623. The van der Waals surface area contributed by atoms with Crippen LogP contribution in [0.2, 0.25) is 0 Å². The molecule has 22 heavy (non-hydrogen) atoms. The Morgan fingerprint density at radius 3 is 3.05 bits per heavy atom. The van der Waals surface area contributed by atoms with E-state index in [1.165, 1.54) is 16.2 Å². The second kappa shape index (κ2) is 6.89. The van der Waals surface area contributed by atoms with Crippen molar-refractivity contribution >= 4 is 28.6 Å². The Balaban J connectivity index is 1.50. The summed E-state index contributed by atoms with van der Waals surface area (Å²) in [5.41, 5.74) is 3.05. The van der Waals surface area contributed by atoms with Gasteiger partial charge in [-0.05, 0) is 37.8 Å². The Hall–Kier alpha value is -1.24. The molecule has 1 saturated heterocycles. The van der Waals surface area contributed by atoms with Gasteiger partial charge in [0.05, 0.1) is 16.1 Å². The minimum absolute atomic E-state index is 0.193. The van der Waals surface area contributed by atoms with E-state index in [2.05, 4.69) is 23.9 Å².